The van der Waals surface area contributed by atoms with Crippen molar-refractivity contribution >= 4 is 5.91 Å². The molecule has 0 aliphatic carbocycles. The average Bonchev–Trinajstić information content (AvgIpc) is 3.23. The number of hydrogen-bond donors (Lipinski definition) is 1. The van der Waals surface area contributed by atoms with Crippen molar-refractivity contribution in [1.82, 2.24) is 5.32 Å². The highest BCUT2D eigenvalue weighted by Crippen LogP contribution is 2.23. The second kappa shape index (κ2) is 7.53. The van der Waals surface area contributed by atoms with Gasteiger partial charge in [0.25, 0.3) is 5.91 Å². The Morgan fingerprint density at radius 1 is 1.33 bits per heavy atom. The van der Waals surface area contributed by atoms with Gasteiger partial charge in [-0.05, 0) is 38.0 Å². The molecule has 1 saturated heterocycles. The zero-order valence-electron chi connectivity index (χ0n) is 14.1. The van der Waals surface area contributed by atoms with Crippen molar-refractivity contribution in [3.05, 3.63) is 53.0 Å². The molecule has 1 aliphatic rings. The molecular weight excluding hydrogens is 306 g/mol. The fourth-order valence-electron chi connectivity index (χ4n) is 2.76. The monoisotopic (exact) mass is 329 g/mol. The standard InChI is InChI=1S/C19H23NO4/c1-13-3-4-16(10-20-19(21)17-6-8-23-14(17)2)18(9-13)24-12-15-5-7-22-11-15/h3-4,6,8-9,15H,5,7,10-12H2,1-2H3,(H,20,21)/t15-/m1/s1. The van der Waals surface area contributed by atoms with E-state index in [1.807, 2.05) is 25.1 Å². The molecule has 0 spiro atoms. The summed E-state index contributed by atoms with van der Waals surface area (Å²) in [5.41, 5.74) is 2.66. The van der Waals surface area contributed by atoms with Gasteiger partial charge in [-0.3, -0.25) is 4.79 Å². The first kappa shape index (κ1) is 16.6. The molecule has 0 radical (unpaired) electrons. The van der Waals surface area contributed by atoms with E-state index in [2.05, 4.69) is 5.32 Å². The second-order valence-corrected chi connectivity index (χ2v) is 6.22. The van der Waals surface area contributed by atoms with Gasteiger partial charge in [-0.15, -0.1) is 0 Å². The van der Waals surface area contributed by atoms with Crippen LogP contribution >= 0.6 is 0 Å². The lowest BCUT2D eigenvalue weighted by molar-refractivity contribution is 0.0949. The molecule has 2 aromatic rings. The van der Waals surface area contributed by atoms with E-state index in [1.165, 1.54) is 6.26 Å². The normalized spacial score (nSPS) is 17.0. The van der Waals surface area contributed by atoms with Gasteiger partial charge >= 0.3 is 0 Å². The van der Waals surface area contributed by atoms with Gasteiger partial charge in [0.15, 0.2) is 0 Å². The summed E-state index contributed by atoms with van der Waals surface area (Å²) >= 11 is 0. The van der Waals surface area contributed by atoms with E-state index in [4.69, 9.17) is 13.9 Å². The van der Waals surface area contributed by atoms with Crippen LogP contribution < -0.4 is 10.1 Å². The summed E-state index contributed by atoms with van der Waals surface area (Å²) in [6, 6.07) is 7.71. The first-order chi connectivity index (χ1) is 11.6. The van der Waals surface area contributed by atoms with E-state index in [9.17, 15) is 4.79 Å². The van der Waals surface area contributed by atoms with Crippen LogP contribution in [0.3, 0.4) is 0 Å². The highest BCUT2D eigenvalue weighted by atomic mass is 16.5. The van der Waals surface area contributed by atoms with Crippen molar-refractivity contribution in [2.24, 2.45) is 5.92 Å². The summed E-state index contributed by atoms with van der Waals surface area (Å²) < 4.78 is 16.6. The van der Waals surface area contributed by atoms with Gasteiger partial charge in [0.05, 0.1) is 25.0 Å². The van der Waals surface area contributed by atoms with Crippen molar-refractivity contribution in [3.63, 3.8) is 0 Å². The summed E-state index contributed by atoms with van der Waals surface area (Å²) in [6.45, 7) is 6.44. The van der Waals surface area contributed by atoms with Crippen LogP contribution in [0.5, 0.6) is 5.75 Å². The minimum atomic E-state index is -0.142. The van der Waals surface area contributed by atoms with Gasteiger partial charge in [0.1, 0.15) is 11.5 Å². The molecular formula is C19H23NO4. The highest BCUT2D eigenvalue weighted by molar-refractivity contribution is 5.95. The Bertz CT molecular complexity index is 701. The Labute approximate surface area is 141 Å². The van der Waals surface area contributed by atoms with Gasteiger partial charge in [0, 0.05) is 24.6 Å². The molecule has 1 fully saturated rings. The van der Waals surface area contributed by atoms with Gasteiger partial charge in [0.2, 0.25) is 0 Å². The molecule has 0 bridgehead atoms. The van der Waals surface area contributed by atoms with Crippen LogP contribution in [0.15, 0.2) is 34.9 Å². The molecule has 1 atom stereocenters. The number of carbonyl (C=O) groups is 1. The number of carbonyl (C=O) groups excluding carboxylic acids is 1. The van der Waals surface area contributed by atoms with Crippen LogP contribution in [0.4, 0.5) is 0 Å². The highest BCUT2D eigenvalue weighted by Gasteiger charge is 2.17. The number of ether oxygens (including phenoxy) is 2. The third kappa shape index (κ3) is 3.97. The minimum Gasteiger partial charge on any atom is -0.493 e. The van der Waals surface area contributed by atoms with E-state index < -0.39 is 0 Å². The maximum atomic E-state index is 12.2. The molecule has 1 amide bonds. The zero-order chi connectivity index (χ0) is 16.9. The number of amides is 1. The summed E-state index contributed by atoms with van der Waals surface area (Å²) in [5.74, 6) is 1.75. The molecule has 1 aromatic heterocycles. The molecule has 24 heavy (non-hydrogen) atoms. The van der Waals surface area contributed by atoms with E-state index in [0.717, 1.165) is 36.5 Å². The van der Waals surface area contributed by atoms with Crippen LogP contribution in [0.1, 0.15) is 33.7 Å². The molecule has 3 rings (SSSR count). The number of rotatable bonds is 6. The quantitative estimate of drug-likeness (QED) is 0.884. The molecule has 128 valence electrons. The van der Waals surface area contributed by atoms with Crippen LogP contribution in [0.25, 0.3) is 0 Å². The fraction of sp³-hybridized carbons (Fsp3) is 0.421. The Morgan fingerprint density at radius 3 is 2.92 bits per heavy atom. The van der Waals surface area contributed by atoms with Crippen molar-refractivity contribution in [3.8, 4) is 5.75 Å². The lowest BCUT2D eigenvalue weighted by Crippen LogP contribution is -2.23. The molecule has 5 heteroatoms. The summed E-state index contributed by atoms with van der Waals surface area (Å²) in [7, 11) is 0. The zero-order valence-corrected chi connectivity index (χ0v) is 14.1. The minimum absolute atomic E-state index is 0.142. The molecule has 1 N–H and O–H groups in total. The first-order valence-electron chi connectivity index (χ1n) is 8.26. The number of benzene rings is 1. The van der Waals surface area contributed by atoms with Gasteiger partial charge in [-0.1, -0.05) is 12.1 Å². The lowest BCUT2D eigenvalue weighted by Gasteiger charge is -2.15. The molecule has 0 unspecified atom stereocenters. The van der Waals surface area contributed by atoms with Crippen molar-refractivity contribution in [1.29, 1.82) is 0 Å². The third-order valence-electron chi connectivity index (χ3n) is 4.26. The lowest BCUT2D eigenvalue weighted by atomic mass is 10.1. The Kier molecular flexibility index (Phi) is 5.20. The van der Waals surface area contributed by atoms with Gasteiger partial charge < -0.3 is 19.2 Å². The van der Waals surface area contributed by atoms with Crippen molar-refractivity contribution in [2.75, 3.05) is 19.8 Å². The Balaban J connectivity index is 1.63. The first-order valence-corrected chi connectivity index (χ1v) is 8.26. The largest absolute Gasteiger partial charge is 0.493 e. The topological polar surface area (TPSA) is 60.7 Å². The van der Waals surface area contributed by atoms with Crippen LogP contribution in [-0.2, 0) is 11.3 Å². The summed E-state index contributed by atoms with van der Waals surface area (Å²) in [4.78, 5) is 12.2. The number of furan rings is 1. The molecule has 0 saturated carbocycles. The predicted octanol–water partition coefficient (Wildman–Crippen LogP) is 3.24. The Hall–Kier alpha value is -2.27. The Morgan fingerprint density at radius 2 is 2.21 bits per heavy atom. The van der Waals surface area contributed by atoms with Gasteiger partial charge in [-0.2, -0.15) is 0 Å². The summed E-state index contributed by atoms with van der Waals surface area (Å²) in [5, 5.41) is 2.93. The molecule has 2 heterocycles. The van der Waals surface area contributed by atoms with Crippen LogP contribution in [0, 0.1) is 19.8 Å². The van der Waals surface area contributed by atoms with Crippen molar-refractivity contribution < 1.29 is 18.7 Å². The molecule has 1 aromatic carbocycles. The molecule has 5 nitrogen and oxygen atoms in total. The molecule has 1 aliphatic heterocycles. The predicted molar refractivity (Wildman–Crippen MR) is 90.2 cm³/mol. The van der Waals surface area contributed by atoms with Crippen LogP contribution in [-0.4, -0.2) is 25.7 Å². The van der Waals surface area contributed by atoms with E-state index in [-0.39, 0.29) is 5.91 Å². The van der Waals surface area contributed by atoms with E-state index in [1.54, 1.807) is 13.0 Å². The fourth-order valence-corrected chi connectivity index (χ4v) is 2.76. The maximum Gasteiger partial charge on any atom is 0.255 e. The van der Waals surface area contributed by atoms with E-state index in [0.29, 0.717) is 30.4 Å². The smallest absolute Gasteiger partial charge is 0.255 e. The summed E-state index contributed by atoms with van der Waals surface area (Å²) in [6.07, 6.45) is 2.56. The van der Waals surface area contributed by atoms with Crippen molar-refractivity contribution in [2.45, 2.75) is 26.8 Å². The number of aryl methyl sites for hydroxylation is 2. The SMILES string of the molecule is Cc1ccc(CNC(=O)c2ccoc2C)c(OC[C@@H]2CCOC2)c1. The van der Waals surface area contributed by atoms with Gasteiger partial charge in [-0.25, -0.2) is 0 Å². The average molecular weight is 329 g/mol. The maximum absolute atomic E-state index is 12.2. The third-order valence-corrected chi connectivity index (χ3v) is 4.26. The van der Waals surface area contributed by atoms with Crippen LogP contribution in [0.2, 0.25) is 0 Å². The number of hydrogen-bond acceptors (Lipinski definition) is 4. The van der Waals surface area contributed by atoms with E-state index >= 15 is 0 Å². The second-order valence-electron chi connectivity index (χ2n) is 6.22. The number of nitrogens with one attached hydrogen (secondary N) is 1.